The molecule has 0 saturated heterocycles. The molecule has 0 aliphatic heterocycles. The summed E-state index contributed by atoms with van der Waals surface area (Å²) < 4.78 is 86.9. The molecule has 4 N–H and O–H groups in total. The van der Waals surface area contributed by atoms with E-state index in [1.165, 1.54) is 25.3 Å². The Morgan fingerprint density at radius 2 is 1.86 bits per heavy atom. The maximum Gasteiger partial charge on any atom is 0.424 e. The molecule has 0 unspecified atom stereocenters. The molecule has 2 amide bonds. The number of halogens is 6. The summed E-state index contributed by atoms with van der Waals surface area (Å²) >= 11 is 5.88. The lowest BCUT2D eigenvalue weighted by atomic mass is 9.93. The van der Waals surface area contributed by atoms with Crippen molar-refractivity contribution in [3.63, 3.8) is 0 Å². The number of carbonyl (C=O) groups is 2. The van der Waals surface area contributed by atoms with Gasteiger partial charge < -0.3 is 30.4 Å². The van der Waals surface area contributed by atoms with E-state index in [4.69, 9.17) is 31.5 Å². The highest BCUT2D eigenvalue weighted by molar-refractivity contribution is 6.31. The van der Waals surface area contributed by atoms with Crippen LogP contribution in [0.15, 0.2) is 42.5 Å². The number of pyridine rings is 1. The molecule has 3 aromatic rings. The van der Waals surface area contributed by atoms with Crippen LogP contribution in [-0.2, 0) is 16.8 Å². The third kappa shape index (κ3) is 7.30. The zero-order chi connectivity index (χ0) is 32.2. The minimum absolute atomic E-state index is 0.0157. The quantitative estimate of drug-likeness (QED) is 0.231. The van der Waals surface area contributed by atoms with Crippen molar-refractivity contribution in [3.8, 4) is 28.5 Å². The van der Waals surface area contributed by atoms with Gasteiger partial charge in [0.2, 0.25) is 11.5 Å². The van der Waals surface area contributed by atoms with E-state index in [-0.39, 0.29) is 34.3 Å². The molecule has 1 fully saturated rings. The molecule has 1 aliphatic carbocycles. The molecule has 15 heteroatoms. The lowest BCUT2D eigenvalue weighted by Gasteiger charge is -2.31. The number of rotatable bonds is 13. The number of hydrogen-bond acceptors (Lipinski definition) is 7. The molecule has 44 heavy (non-hydrogen) atoms. The second-order valence-electron chi connectivity index (χ2n) is 9.88. The first kappa shape index (κ1) is 32.7. The average Bonchev–Trinajstić information content (AvgIpc) is 3.79. The number of primary amides is 1. The minimum Gasteiger partial charge on any atom is -0.493 e. The van der Waals surface area contributed by atoms with Gasteiger partial charge in [-0.05, 0) is 55.3 Å². The average molecular weight is 644 g/mol. The highest BCUT2D eigenvalue weighted by atomic mass is 35.5. The number of methoxy groups -OCH3 is 1. The highest BCUT2D eigenvalue weighted by Crippen LogP contribution is 2.42. The maximum absolute atomic E-state index is 14.6. The fourth-order valence-corrected chi connectivity index (χ4v) is 4.36. The van der Waals surface area contributed by atoms with Crippen LogP contribution < -0.4 is 25.3 Å². The van der Waals surface area contributed by atoms with Gasteiger partial charge in [-0.25, -0.2) is 13.8 Å². The second kappa shape index (κ2) is 13.2. The smallest absolute Gasteiger partial charge is 0.424 e. The highest BCUT2D eigenvalue weighted by Gasteiger charge is 2.56. The Morgan fingerprint density at radius 3 is 2.45 bits per heavy atom. The normalized spacial score (nSPS) is 14.5. The van der Waals surface area contributed by atoms with E-state index in [9.17, 15) is 36.6 Å². The standard InChI is InChI=1S/C29H27ClF5N3O6/c1-42-22-11-16(3-7-21(22)44-18-4-5-18)27(40)37-14-28(41,29(33,34)35)23-12-17(13-24(36)39)26(43-9-8-31)25(38-23)15-2-6-20(32)19(30)10-15/h2-3,6-7,10-12,18,41H,4-5,8-9,13-14H2,1H3,(H2,36,39)(H,37,40)/t28-/m0/s1. The van der Waals surface area contributed by atoms with E-state index in [1.54, 1.807) is 0 Å². The number of aliphatic hydroxyl groups is 1. The fraction of sp³-hybridized carbons (Fsp3) is 0.345. The van der Waals surface area contributed by atoms with E-state index >= 15 is 0 Å². The van der Waals surface area contributed by atoms with Crippen molar-refractivity contribution in [3.05, 3.63) is 70.1 Å². The Labute approximate surface area is 253 Å². The summed E-state index contributed by atoms with van der Waals surface area (Å²) in [6, 6.07) is 7.80. The third-order valence-corrected chi connectivity index (χ3v) is 6.86. The van der Waals surface area contributed by atoms with Gasteiger partial charge in [0.1, 0.15) is 30.5 Å². The van der Waals surface area contributed by atoms with Crippen LogP contribution in [0.5, 0.6) is 17.2 Å². The molecule has 4 rings (SSSR count). The molecule has 1 aliphatic rings. The van der Waals surface area contributed by atoms with Crippen LogP contribution in [0, 0.1) is 5.82 Å². The Hall–Kier alpha value is -4.17. The van der Waals surface area contributed by atoms with Crippen molar-refractivity contribution >= 4 is 23.4 Å². The van der Waals surface area contributed by atoms with E-state index in [1.807, 2.05) is 0 Å². The SMILES string of the molecule is COc1cc(C(=O)NC[C@](O)(c2cc(CC(N)=O)c(OCCF)c(-c3ccc(F)c(Cl)c3)n2)C(F)(F)F)ccc1OC1CC1. The first-order valence-electron chi connectivity index (χ1n) is 13.2. The van der Waals surface area contributed by atoms with E-state index in [2.05, 4.69) is 10.3 Å². The van der Waals surface area contributed by atoms with Gasteiger partial charge in [0.25, 0.3) is 5.91 Å². The van der Waals surface area contributed by atoms with E-state index in [0.29, 0.717) is 5.75 Å². The molecule has 236 valence electrons. The Bertz CT molecular complexity index is 1550. The first-order chi connectivity index (χ1) is 20.8. The molecule has 1 atom stereocenters. The molecule has 1 heterocycles. The molecule has 9 nitrogen and oxygen atoms in total. The van der Waals surface area contributed by atoms with Crippen molar-refractivity contribution in [1.82, 2.24) is 10.3 Å². The van der Waals surface area contributed by atoms with Gasteiger partial charge in [-0.2, -0.15) is 13.2 Å². The third-order valence-electron chi connectivity index (χ3n) is 6.57. The number of benzene rings is 2. The van der Waals surface area contributed by atoms with E-state index < -0.39 is 72.1 Å². The number of amides is 2. The van der Waals surface area contributed by atoms with Crippen molar-refractivity contribution in [1.29, 1.82) is 0 Å². The summed E-state index contributed by atoms with van der Waals surface area (Å²) in [7, 11) is 1.33. The van der Waals surface area contributed by atoms with Crippen LogP contribution in [0.4, 0.5) is 22.0 Å². The number of nitrogens with zero attached hydrogens (tertiary/aromatic N) is 1. The molecular formula is C29H27ClF5N3O6. The minimum atomic E-state index is -5.43. The Balaban J connectivity index is 1.76. The zero-order valence-electron chi connectivity index (χ0n) is 23.1. The summed E-state index contributed by atoms with van der Waals surface area (Å²) in [6.45, 7) is -3.02. The summed E-state index contributed by atoms with van der Waals surface area (Å²) in [4.78, 5) is 28.7. The molecule has 0 bridgehead atoms. The number of nitrogens with two attached hydrogens (primary N) is 1. The van der Waals surface area contributed by atoms with Gasteiger partial charge in [-0.3, -0.25) is 9.59 Å². The number of alkyl halides is 4. The Morgan fingerprint density at radius 1 is 1.14 bits per heavy atom. The molecule has 0 spiro atoms. The van der Waals surface area contributed by atoms with Crippen molar-refractivity contribution in [2.75, 3.05) is 26.9 Å². The number of nitrogens with one attached hydrogen (secondary N) is 1. The van der Waals surface area contributed by atoms with E-state index in [0.717, 1.165) is 37.1 Å². The fourth-order valence-electron chi connectivity index (χ4n) is 4.18. The molecule has 2 aromatic carbocycles. The molecular weight excluding hydrogens is 617 g/mol. The zero-order valence-corrected chi connectivity index (χ0v) is 23.9. The van der Waals surface area contributed by atoms with Gasteiger partial charge >= 0.3 is 6.18 Å². The lowest BCUT2D eigenvalue weighted by molar-refractivity contribution is -0.265. The van der Waals surface area contributed by atoms with Crippen LogP contribution in [0.25, 0.3) is 11.3 Å². The van der Waals surface area contributed by atoms with Gasteiger partial charge in [-0.1, -0.05) is 11.6 Å². The van der Waals surface area contributed by atoms with Gasteiger partial charge in [0, 0.05) is 16.7 Å². The molecule has 1 aromatic heterocycles. The number of hydrogen-bond donors (Lipinski definition) is 3. The van der Waals surface area contributed by atoms with Crippen LogP contribution >= 0.6 is 11.6 Å². The number of carbonyl (C=O) groups excluding carboxylic acids is 2. The summed E-state index contributed by atoms with van der Waals surface area (Å²) in [5, 5.41) is 12.8. The van der Waals surface area contributed by atoms with Crippen molar-refractivity contribution in [2.45, 2.75) is 37.1 Å². The van der Waals surface area contributed by atoms with Crippen LogP contribution in [-0.4, -0.2) is 61.1 Å². The van der Waals surface area contributed by atoms with Crippen molar-refractivity contribution < 1.29 is 50.9 Å². The molecule has 0 radical (unpaired) electrons. The topological polar surface area (TPSA) is 133 Å². The Kier molecular flexibility index (Phi) is 9.84. The molecule has 1 saturated carbocycles. The summed E-state index contributed by atoms with van der Waals surface area (Å²) in [5.74, 6) is -2.64. The van der Waals surface area contributed by atoms with Gasteiger partial charge in [0.15, 0.2) is 11.5 Å². The summed E-state index contributed by atoms with van der Waals surface area (Å²) in [5.41, 5.74) is -0.447. The summed E-state index contributed by atoms with van der Waals surface area (Å²) in [6.07, 6.45) is -4.41. The van der Waals surface area contributed by atoms with Crippen LogP contribution in [0.1, 0.15) is 34.5 Å². The largest absolute Gasteiger partial charge is 0.493 e. The van der Waals surface area contributed by atoms with Gasteiger partial charge in [0.05, 0.1) is 36.9 Å². The van der Waals surface area contributed by atoms with Gasteiger partial charge in [-0.15, -0.1) is 0 Å². The number of ether oxygens (including phenoxy) is 3. The second-order valence-corrected chi connectivity index (χ2v) is 10.3. The van der Waals surface area contributed by atoms with Crippen LogP contribution in [0.3, 0.4) is 0 Å². The predicted octanol–water partition coefficient (Wildman–Crippen LogP) is 4.65. The van der Waals surface area contributed by atoms with Crippen LogP contribution in [0.2, 0.25) is 5.02 Å². The lowest BCUT2D eigenvalue weighted by Crippen LogP contribution is -2.51. The predicted molar refractivity (Wildman–Crippen MR) is 148 cm³/mol. The maximum atomic E-state index is 14.6. The monoisotopic (exact) mass is 643 g/mol. The van der Waals surface area contributed by atoms with Crippen molar-refractivity contribution in [2.24, 2.45) is 5.73 Å². The number of aromatic nitrogens is 1. The first-order valence-corrected chi connectivity index (χ1v) is 13.5.